The van der Waals surface area contributed by atoms with Crippen LogP contribution in [0.5, 0.6) is 5.88 Å². The van der Waals surface area contributed by atoms with Crippen LogP contribution in [0.25, 0.3) is 42.8 Å². The van der Waals surface area contributed by atoms with E-state index >= 15 is 0 Å². The normalized spacial score (nSPS) is 11.2. The van der Waals surface area contributed by atoms with Gasteiger partial charge in [-0.05, 0) is 41.5 Å². The summed E-state index contributed by atoms with van der Waals surface area (Å²) in [7, 11) is 2.78. The molecule has 2 aromatic carbocycles. The molecule has 6 nitrogen and oxygen atoms in total. The molecule has 0 unspecified atom stereocenters. The first-order chi connectivity index (χ1) is 16.0. The second-order valence-electron chi connectivity index (χ2n) is 7.08. The van der Waals surface area contributed by atoms with E-state index in [9.17, 15) is 4.79 Å². The summed E-state index contributed by atoms with van der Waals surface area (Å²) in [5.41, 5.74) is 4.09. The van der Waals surface area contributed by atoms with Crippen molar-refractivity contribution in [1.29, 1.82) is 0 Å². The van der Waals surface area contributed by atoms with Gasteiger partial charge in [0.05, 0.1) is 25.4 Å². The number of fused-ring (bicyclic) bond motifs is 3. The number of aromatic nitrogens is 3. The predicted octanol–water partition coefficient (Wildman–Crippen LogP) is 6.68. The Morgan fingerprint density at radius 2 is 1.52 bits per heavy atom. The average molecular weight is 496 g/mol. The van der Waals surface area contributed by atoms with E-state index in [2.05, 4.69) is 9.97 Å². The van der Waals surface area contributed by atoms with Crippen LogP contribution in [0.4, 0.5) is 0 Å². The highest BCUT2D eigenvalue weighted by Gasteiger charge is 2.22. The molecule has 164 valence electrons. The predicted molar refractivity (Wildman–Crippen MR) is 131 cm³/mol. The number of halogens is 2. The van der Waals surface area contributed by atoms with Crippen LogP contribution < -0.4 is 4.74 Å². The Hall–Kier alpha value is -3.26. The lowest BCUT2D eigenvalue weighted by atomic mass is 10.00. The molecule has 0 N–H and O–H groups in total. The van der Waals surface area contributed by atoms with Gasteiger partial charge in [0.2, 0.25) is 11.7 Å². The van der Waals surface area contributed by atoms with E-state index in [4.69, 9.17) is 37.7 Å². The largest absolute Gasteiger partial charge is 0.480 e. The van der Waals surface area contributed by atoms with Gasteiger partial charge in [0, 0.05) is 21.0 Å². The molecule has 0 spiro atoms. The summed E-state index contributed by atoms with van der Waals surface area (Å²) in [6.07, 6.45) is 0. The number of esters is 1. The third-order valence-electron chi connectivity index (χ3n) is 5.11. The van der Waals surface area contributed by atoms with Gasteiger partial charge in [-0.15, -0.1) is 11.3 Å². The van der Waals surface area contributed by atoms with E-state index in [0.717, 1.165) is 32.6 Å². The third-order valence-corrected chi connectivity index (χ3v) is 6.68. The molecule has 33 heavy (non-hydrogen) atoms. The Labute approximate surface area is 202 Å². The fourth-order valence-electron chi connectivity index (χ4n) is 3.56. The molecule has 5 aromatic rings. The lowest BCUT2D eigenvalue weighted by molar-refractivity contribution is 0.0586. The van der Waals surface area contributed by atoms with E-state index < -0.39 is 5.97 Å². The molecular formula is C24H15Cl2N3O3S. The van der Waals surface area contributed by atoms with Gasteiger partial charge in [-0.2, -0.15) is 4.98 Å². The van der Waals surface area contributed by atoms with Crippen LogP contribution in [0.3, 0.4) is 0 Å². The minimum absolute atomic E-state index is 0.0783. The number of benzene rings is 2. The summed E-state index contributed by atoms with van der Waals surface area (Å²) in [4.78, 5) is 26.6. The van der Waals surface area contributed by atoms with Gasteiger partial charge in [-0.25, -0.2) is 14.8 Å². The minimum Gasteiger partial charge on any atom is -0.480 e. The number of ether oxygens (including phenoxy) is 2. The zero-order chi connectivity index (χ0) is 23.1. The van der Waals surface area contributed by atoms with Gasteiger partial charge < -0.3 is 9.47 Å². The molecule has 5 rings (SSSR count). The molecule has 0 amide bonds. The van der Waals surface area contributed by atoms with Gasteiger partial charge in [-0.1, -0.05) is 47.5 Å². The van der Waals surface area contributed by atoms with Gasteiger partial charge >= 0.3 is 5.97 Å². The van der Waals surface area contributed by atoms with Crippen LogP contribution in [-0.2, 0) is 4.74 Å². The summed E-state index contributed by atoms with van der Waals surface area (Å²) in [5.74, 6) is -0.433. The maximum absolute atomic E-state index is 12.2. The molecule has 0 aliphatic carbocycles. The summed E-state index contributed by atoms with van der Waals surface area (Å²) < 4.78 is 11.0. The first kappa shape index (κ1) is 21.6. The Morgan fingerprint density at radius 1 is 0.879 bits per heavy atom. The Morgan fingerprint density at radius 3 is 2.12 bits per heavy atom. The zero-order valence-corrected chi connectivity index (χ0v) is 19.8. The van der Waals surface area contributed by atoms with Crippen molar-refractivity contribution in [3.63, 3.8) is 0 Å². The molecular weight excluding hydrogens is 481 g/mol. The standard InChI is InChI=1S/C24H15Cl2N3O3S/c1-31-22-20-19(28-21(29-22)24(30)32-2)18-16(12-3-7-14(25)8-4-12)11-17(27-23(18)33-20)13-5-9-15(26)10-6-13/h3-11H,1-2H3. The van der Waals surface area contributed by atoms with Gasteiger partial charge in [0.15, 0.2) is 0 Å². The smallest absolute Gasteiger partial charge is 0.376 e. The van der Waals surface area contributed by atoms with Crippen LogP contribution in [0, 0.1) is 0 Å². The molecule has 9 heteroatoms. The van der Waals surface area contributed by atoms with Gasteiger partial charge in [-0.3, -0.25) is 0 Å². The van der Waals surface area contributed by atoms with Crippen molar-refractivity contribution in [3.05, 3.63) is 70.5 Å². The summed E-state index contributed by atoms with van der Waals surface area (Å²) in [6, 6.07) is 17.0. The molecule has 0 bridgehead atoms. The highest BCUT2D eigenvalue weighted by Crippen LogP contribution is 2.43. The molecule has 0 radical (unpaired) electrons. The first-order valence-corrected chi connectivity index (χ1v) is 11.3. The minimum atomic E-state index is -0.645. The number of carbonyl (C=O) groups excluding carboxylic acids is 1. The molecule has 0 aliphatic heterocycles. The van der Waals surface area contributed by atoms with E-state index in [0.29, 0.717) is 26.1 Å². The first-order valence-electron chi connectivity index (χ1n) is 9.78. The Balaban J connectivity index is 1.88. The van der Waals surface area contributed by atoms with Crippen molar-refractivity contribution in [2.45, 2.75) is 0 Å². The third kappa shape index (κ3) is 3.88. The number of thiophene rings is 1. The molecule has 0 fully saturated rings. The maximum Gasteiger partial charge on any atom is 0.376 e. The molecule has 0 saturated carbocycles. The Bertz CT molecular complexity index is 1520. The van der Waals surface area contributed by atoms with Gasteiger partial charge in [0.1, 0.15) is 9.53 Å². The van der Waals surface area contributed by atoms with Crippen molar-refractivity contribution in [2.24, 2.45) is 0 Å². The zero-order valence-electron chi connectivity index (χ0n) is 17.4. The topological polar surface area (TPSA) is 74.2 Å². The number of hydrogen-bond donors (Lipinski definition) is 0. The van der Waals surface area contributed by atoms with Crippen molar-refractivity contribution in [3.8, 4) is 28.3 Å². The number of rotatable bonds is 4. The Kier molecular flexibility index (Phi) is 5.62. The van der Waals surface area contributed by atoms with E-state index in [-0.39, 0.29) is 5.82 Å². The van der Waals surface area contributed by atoms with Gasteiger partial charge in [0.25, 0.3) is 0 Å². The average Bonchev–Trinajstić information content (AvgIpc) is 3.22. The SMILES string of the molecule is COC(=O)c1nc(OC)c2sc3nc(-c4ccc(Cl)cc4)cc(-c4ccc(Cl)cc4)c3c2n1. The van der Waals surface area contributed by atoms with Crippen LogP contribution >= 0.6 is 34.5 Å². The van der Waals surface area contributed by atoms with Crippen LogP contribution in [0.2, 0.25) is 10.0 Å². The fraction of sp³-hybridized carbons (Fsp3) is 0.0833. The van der Waals surface area contributed by atoms with Crippen LogP contribution in [0.1, 0.15) is 10.6 Å². The fourth-order valence-corrected chi connectivity index (χ4v) is 4.92. The summed E-state index contributed by atoms with van der Waals surface area (Å²) >= 11 is 13.6. The monoisotopic (exact) mass is 495 g/mol. The van der Waals surface area contributed by atoms with Crippen molar-refractivity contribution < 1.29 is 14.3 Å². The second kappa shape index (κ2) is 8.59. The number of hydrogen-bond acceptors (Lipinski definition) is 7. The maximum atomic E-state index is 12.2. The summed E-state index contributed by atoms with van der Waals surface area (Å²) in [6.45, 7) is 0. The highest BCUT2D eigenvalue weighted by atomic mass is 35.5. The summed E-state index contributed by atoms with van der Waals surface area (Å²) in [5, 5.41) is 2.07. The highest BCUT2D eigenvalue weighted by molar-refractivity contribution is 7.25. The van der Waals surface area contributed by atoms with Crippen molar-refractivity contribution in [2.75, 3.05) is 14.2 Å². The van der Waals surface area contributed by atoms with Crippen molar-refractivity contribution >= 4 is 60.9 Å². The van der Waals surface area contributed by atoms with E-state index in [1.165, 1.54) is 25.6 Å². The number of pyridine rings is 1. The molecule has 3 heterocycles. The number of carbonyl (C=O) groups is 1. The lowest BCUT2D eigenvalue weighted by Gasteiger charge is -2.09. The lowest BCUT2D eigenvalue weighted by Crippen LogP contribution is -2.08. The molecule has 0 aliphatic rings. The number of nitrogens with zero attached hydrogens (tertiary/aromatic N) is 3. The van der Waals surface area contributed by atoms with E-state index in [1.54, 1.807) is 0 Å². The van der Waals surface area contributed by atoms with Crippen LogP contribution in [-0.4, -0.2) is 35.1 Å². The van der Waals surface area contributed by atoms with E-state index in [1.807, 2.05) is 54.6 Å². The quantitative estimate of drug-likeness (QED) is 0.259. The van der Waals surface area contributed by atoms with Crippen molar-refractivity contribution in [1.82, 2.24) is 15.0 Å². The van der Waals surface area contributed by atoms with Crippen LogP contribution in [0.15, 0.2) is 54.6 Å². The molecule has 3 aromatic heterocycles. The number of methoxy groups -OCH3 is 2. The molecule has 0 saturated heterocycles. The second-order valence-corrected chi connectivity index (χ2v) is 8.95. The molecule has 0 atom stereocenters.